The molecular formula is C48H72O14. The molecule has 348 valence electrons. The van der Waals surface area contributed by atoms with Crippen LogP contribution in [0.2, 0.25) is 0 Å². The van der Waals surface area contributed by atoms with Crippen LogP contribution in [0.1, 0.15) is 93.9 Å². The Bertz CT molecular complexity index is 1730. The first-order valence-corrected chi connectivity index (χ1v) is 22.9. The molecule has 1 unspecified atom stereocenters. The minimum atomic E-state index is -1.84. The fourth-order valence-corrected chi connectivity index (χ4v) is 10.6. The van der Waals surface area contributed by atoms with Gasteiger partial charge in [-0.3, -0.25) is 4.79 Å². The maximum Gasteiger partial charge on any atom is 0.316 e. The van der Waals surface area contributed by atoms with E-state index in [9.17, 15) is 20.1 Å². The third-order valence-electron chi connectivity index (χ3n) is 14.5. The minimum Gasteiger partial charge on any atom is -0.462 e. The fourth-order valence-electron chi connectivity index (χ4n) is 10.6. The van der Waals surface area contributed by atoms with Gasteiger partial charge in [-0.15, -0.1) is 0 Å². The van der Waals surface area contributed by atoms with Gasteiger partial charge in [0.05, 0.1) is 49.3 Å². The smallest absolute Gasteiger partial charge is 0.316 e. The highest BCUT2D eigenvalue weighted by molar-refractivity contribution is 5.78. The standard InChI is InChI=1S/C48H72O14/c1-11-25(2)43-28(5)17-18-47(62-43)23-34-20-33(61-47)16-15-27(4)42(26(3)13-12-14-32-24-55-45-40(49)29(6)19-35(46(51)58-34)48(32,45)52)59-39-22-37(54-10)44(31(8)57-39)60-38-21-36(53-9)41(50)30(7)56-38/h12-15,17-19,25-26,28,30-31,33-45,49-50,52H,11,16,20-24H2,1-10H3/b13-12+,27-15+,32-14+/t25-,26-,28-,30+,31+,33+,34-,35-,36+,37+,38+,39+,40+,41+,42-,43+,44+,45?,47+,48+/m0/s1. The van der Waals surface area contributed by atoms with Crippen LogP contribution >= 0.6 is 0 Å². The molecule has 1 spiro atoms. The Hall–Kier alpha value is -2.31. The lowest BCUT2D eigenvalue weighted by molar-refractivity contribution is -0.318. The van der Waals surface area contributed by atoms with Crippen LogP contribution in [0, 0.1) is 23.7 Å². The molecule has 1 aliphatic carbocycles. The third-order valence-corrected chi connectivity index (χ3v) is 14.5. The summed E-state index contributed by atoms with van der Waals surface area (Å²) in [5.41, 5.74) is 0.134. The molecule has 0 saturated carbocycles. The average Bonchev–Trinajstić information content (AvgIpc) is 3.58. The maximum absolute atomic E-state index is 14.3. The molecule has 7 aliphatic rings. The van der Waals surface area contributed by atoms with Gasteiger partial charge >= 0.3 is 5.97 Å². The molecule has 3 N–H and O–H groups in total. The van der Waals surface area contributed by atoms with Gasteiger partial charge in [-0.05, 0) is 62.8 Å². The van der Waals surface area contributed by atoms with Crippen LogP contribution in [0.5, 0.6) is 0 Å². The van der Waals surface area contributed by atoms with E-state index in [0.29, 0.717) is 43.3 Å². The molecule has 4 fully saturated rings. The molecular weight excluding hydrogens is 801 g/mol. The van der Waals surface area contributed by atoms with Crippen molar-refractivity contribution < 1.29 is 67.5 Å². The van der Waals surface area contributed by atoms with Gasteiger partial charge in [0.15, 0.2) is 18.4 Å². The van der Waals surface area contributed by atoms with Crippen molar-refractivity contribution in [3.63, 3.8) is 0 Å². The molecule has 20 atom stereocenters. The molecule has 14 nitrogen and oxygen atoms in total. The van der Waals surface area contributed by atoms with Gasteiger partial charge in [0.2, 0.25) is 0 Å². The Balaban J connectivity index is 1.18. The molecule has 4 saturated heterocycles. The Morgan fingerprint density at radius 1 is 0.887 bits per heavy atom. The van der Waals surface area contributed by atoms with Crippen molar-refractivity contribution in [2.75, 3.05) is 20.8 Å². The number of allylic oxidation sites excluding steroid dienone is 2. The topological polar surface area (TPSA) is 170 Å². The lowest BCUT2D eigenvalue weighted by atomic mass is 9.71. The zero-order valence-electron chi connectivity index (χ0n) is 38.2. The van der Waals surface area contributed by atoms with E-state index in [-0.39, 0.29) is 42.7 Å². The summed E-state index contributed by atoms with van der Waals surface area (Å²) in [6.45, 7) is 16.1. The molecule has 6 aliphatic heterocycles. The summed E-state index contributed by atoms with van der Waals surface area (Å²) in [4.78, 5) is 14.3. The molecule has 0 aromatic heterocycles. The van der Waals surface area contributed by atoms with Crippen LogP contribution in [0.3, 0.4) is 0 Å². The zero-order valence-corrected chi connectivity index (χ0v) is 38.2. The number of rotatable bonds is 8. The molecule has 0 radical (unpaired) electrons. The molecule has 14 heteroatoms. The summed E-state index contributed by atoms with van der Waals surface area (Å²) < 4.78 is 63.7. The van der Waals surface area contributed by atoms with Crippen LogP contribution in [-0.4, -0.2) is 139 Å². The Kier molecular flexibility index (Phi) is 15.1. The first-order chi connectivity index (χ1) is 29.5. The van der Waals surface area contributed by atoms with E-state index in [1.54, 1.807) is 40.2 Å². The first kappa shape index (κ1) is 47.6. The van der Waals surface area contributed by atoms with Gasteiger partial charge < -0.3 is 62.7 Å². The van der Waals surface area contributed by atoms with Crippen molar-refractivity contribution in [1.82, 2.24) is 0 Å². The number of carbonyl (C=O) groups is 1. The highest BCUT2D eigenvalue weighted by atomic mass is 16.7. The van der Waals surface area contributed by atoms with Gasteiger partial charge in [-0.25, -0.2) is 0 Å². The summed E-state index contributed by atoms with van der Waals surface area (Å²) >= 11 is 0. The summed E-state index contributed by atoms with van der Waals surface area (Å²) in [6.07, 6.45) is 8.55. The van der Waals surface area contributed by atoms with Crippen LogP contribution in [-0.2, 0) is 52.2 Å². The molecule has 6 heterocycles. The normalized spacial score (nSPS) is 49.1. The van der Waals surface area contributed by atoms with E-state index in [2.05, 4.69) is 39.8 Å². The summed E-state index contributed by atoms with van der Waals surface area (Å²) in [6, 6.07) is 0. The zero-order chi connectivity index (χ0) is 44.7. The lowest BCUT2D eigenvalue weighted by Crippen LogP contribution is -2.58. The molecule has 0 amide bonds. The number of hydrogen-bond acceptors (Lipinski definition) is 14. The monoisotopic (exact) mass is 872 g/mol. The predicted molar refractivity (Wildman–Crippen MR) is 227 cm³/mol. The van der Waals surface area contributed by atoms with E-state index in [4.69, 9.17) is 47.4 Å². The molecule has 0 aromatic carbocycles. The first-order valence-electron chi connectivity index (χ1n) is 22.9. The van der Waals surface area contributed by atoms with Gasteiger partial charge in [0.1, 0.15) is 42.0 Å². The number of aliphatic hydroxyl groups is 3. The maximum atomic E-state index is 14.3. The second-order valence-electron chi connectivity index (χ2n) is 19.0. The van der Waals surface area contributed by atoms with E-state index in [0.717, 1.165) is 12.0 Å². The number of methoxy groups -OCH3 is 2. The SMILES string of the molecule is CC[C@H](C)[C@H]1O[C@]2(C=C[C@@H]1C)C[C@@H]1C[C@@H](C/C=C(\C)[C@@H](O[C@@H]3C[C@@H](OC)[C@H](O[C@@H]4C[C@@H](OC)[C@H](O)[C@@H](C)O4)[C@@H](C)O3)[C@@H](C)/C=C/C=C3\COC4[C@H](O)C(C)=C[C@@H](C(=O)O1)[C@]34O)O2. The fraction of sp³-hybridized carbons (Fsp3) is 0.771. The van der Waals surface area contributed by atoms with Crippen molar-refractivity contribution >= 4 is 5.97 Å². The minimum absolute atomic E-state index is 0.0317. The van der Waals surface area contributed by atoms with E-state index in [1.165, 1.54) is 0 Å². The van der Waals surface area contributed by atoms with Crippen molar-refractivity contribution in [1.29, 1.82) is 0 Å². The van der Waals surface area contributed by atoms with E-state index >= 15 is 0 Å². The second-order valence-corrected chi connectivity index (χ2v) is 19.0. The average molecular weight is 873 g/mol. The van der Waals surface area contributed by atoms with Crippen LogP contribution < -0.4 is 0 Å². The van der Waals surface area contributed by atoms with Gasteiger partial charge in [-0.1, -0.05) is 70.6 Å². The van der Waals surface area contributed by atoms with Crippen LogP contribution in [0.15, 0.2) is 59.3 Å². The summed E-state index contributed by atoms with van der Waals surface area (Å²) in [5, 5.41) is 34.2. The second kappa shape index (κ2) is 19.7. The molecule has 2 bridgehead atoms. The predicted octanol–water partition coefficient (Wildman–Crippen LogP) is 5.38. The summed E-state index contributed by atoms with van der Waals surface area (Å²) in [7, 11) is 3.22. The largest absolute Gasteiger partial charge is 0.462 e. The van der Waals surface area contributed by atoms with Crippen molar-refractivity contribution in [2.45, 2.75) is 191 Å². The lowest BCUT2D eigenvalue weighted by Gasteiger charge is -2.48. The number of esters is 1. The number of carbonyl (C=O) groups excluding carboxylic acids is 1. The van der Waals surface area contributed by atoms with Crippen molar-refractivity contribution in [2.24, 2.45) is 23.7 Å². The quantitative estimate of drug-likeness (QED) is 0.210. The third kappa shape index (κ3) is 9.64. The Labute approximate surface area is 367 Å². The molecule has 7 rings (SSSR count). The van der Waals surface area contributed by atoms with Crippen LogP contribution in [0.25, 0.3) is 0 Å². The van der Waals surface area contributed by atoms with Crippen molar-refractivity contribution in [3.8, 4) is 0 Å². The Morgan fingerprint density at radius 3 is 2.32 bits per heavy atom. The molecule has 62 heavy (non-hydrogen) atoms. The van der Waals surface area contributed by atoms with Gasteiger partial charge in [-0.2, -0.15) is 0 Å². The van der Waals surface area contributed by atoms with E-state index in [1.807, 2.05) is 32.1 Å². The number of hydrogen-bond donors (Lipinski definition) is 3. The number of ether oxygens (including phenoxy) is 10. The highest BCUT2D eigenvalue weighted by Gasteiger charge is 2.60. The Morgan fingerprint density at radius 2 is 1.60 bits per heavy atom. The summed E-state index contributed by atoms with van der Waals surface area (Å²) in [5.74, 6) is -2.56. The van der Waals surface area contributed by atoms with Gasteiger partial charge in [0.25, 0.3) is 0 Å². The van der Waals surface area contributed by atoms with Gasteiger partial charge in [0, 0.05) is 51.7 Å². The number of fused-ring (bicyclic) bond motifs is 2. The van der Waals surface area contributed by atoms with Crippen LogP contribution in [0.4, 0.5) is 0 Å². The van der Waals surface area contributed by atoms with Crippen molar-refractivity contribution in [3.05, 3.63) is 59.3 Å². The van der Waals surface area contributed by atoms with E-state index < -0.39 is 90.8 Å². The highest BCUT2D eigenvalue weighted by Crippen LogP contribution is 2.47. The number of aliphatic hydroxyl groups excluding tert-OH is 2. The molecule has 0 aromatic rings.